The number of allylic oxidation sites excluding steroid dienone is 1. The van der Waals surface area contributed by atoms with Gasteiger partial charge >= 0.3 is 5.97 Å². The van der Waals surface area contributed by atoms with Crippen LogP contribution < -0.4 is 5.32 Å². The molecule has 202 valence electrons. The number of carbonyl (C=O) groups is 3. The number of hydrogen-bond acceptors (Lipinski definition) is 4. The SMILES string of the molecule is CCCC/C=C/CCN1C(=O)C2C(c3ccccc3C)NC(Cc3ccc4ccccc4c3)(C(=O)O)C2C1=O. The van der Waals surface area contributed by atoms with E-state index < -0.39 is 35.3 Å². The molecule has 6 heteroatoms. The Bertz CT molecular complexity index is 1430. The summed E-state index contributed by atoms with van der Waals surface area (Å²) in [6, 6.07) is 20.9. The van der Waals surface area contributed by atoms with Crippen molar-refractivity contribution in [2.24, 2.45) is 11.8 Å². The maximum Gasteiger partial charge on any atom is 0.325 e. The maximum atomic E-state index is 13.9. The van der Waals surface area contributed by atoms with Crippen LogP contribution in [0.3, 0.4) is 0 Å². The molecule has 2 heterocycles. The van der Waals surface area contributed by atoms with Crippen LogP contribution in [0.25, 0.3) is 10.8 Å². The van der Waals surface area contributed by atoms with Crippen LogP contribution in [0.5, 0.6) is 0 Å². The lowest BCUT2D eigenvalue weighted by Crippen LogP contribution is -2.57. The lowest BCUT2D eigenvalue weighted by Gasteiger charge is -2.31. The molecule has 3 aromatic carbocycles. The van der Waals surface area contributed by atoms with E-state index in [1.165, 1.54) is 4.90 Å². The van der Waals surface area contributed by atoms with Crippen molar-refractivity contribution in [3.63, 3.8) is 0 Å². The van der Waals surface area contributed by atoms with Gasteiger partial charge in [0.1, 0.15) is 5.54 Å². The second-order valence-electron chi connectivity index (χ2n) is 10.8. The van der Waals surface area contributed by atoms with Gasteiger partial charge in [-0.3, -0.25) is 24.6 Å². The molecule has 2 amide bonds. The van der Waals surface area contributed by atoms with Crippen molar-refractivity contribution < 1.29 is 19.5 Å². The lowest BCUT2D eigenvalue weighted by atomic mass is 9.76. The number of imide groups is 1. The summed E-state index contributed by atoms with van der Waals surface area (Å²) in [7, 11) is 0. The first-order valence-corrected chi connectivity index (χ1v) is 13.9. The average Bonchev–Trinajstić information content (AvgIpc) is 3.40. The molecule has 2 saturated heterocycles. The zero-order valence-electron chi connectivity index (χ0n) is 22.6. The molecule has 4 unspecified atom stereocenters. The Kier molecular flexibility index (Phi) is 7.67. The van der Waals surface area contributed by atoms with Crippen molar-refractivity contribution in [1.82, 2.24) is 10.2 Å². The number of carboxylic acids is 1. The number of likely N-dealkylation sites (tertiary alicyclic amines) is 1. The fourth-order valence-corrected chi connectivity index (χ4v) is 6.35. The molecular formula is C33H36N2O4. The fourth-order valence-electron chi connectivity index (χ4n) is 6.35. The molecule has 0 radical (unpaired) electrons. The van der Waals surface area contributed by atoms with Gasteiger partial charge in [-0.05, 0) is 47.2 Å². The Hall–Kier alpha value is -3.77. The summed E-state index contributed by atoms with van der Waals surface area (Å²) in [4.78, 5) is 42.2. The van der Waals surface area contributed by atoms with E-state index in [0.29, 0.717) is 6.42 Å². The van der Waals surface area contributed by atoms with Crippen molar-refractivity contribution in [3.8, 4) is 0 Å². The number of nitrogens with zero attached hydrogens (tertiary/aromatic N) is 1. The highest BCUT2D eigenvalue weighted by Crippen LogP contribution is 2.50. The van der Waals surface area contributed by atoms with Gasteiger partial charge in [-0.25, -0.2) is 0 Å². The van der Waals surface area contributed by atoms with Gasteiger partial charge in [-0.2, -0.15) is 0 Å². The van der Waals surface area contributed by atoms with Crippen molar-refractivity contribution in [2.75, 3.05) is 6.54 Å². The number of aliphatic carboxylic acids is 1. The molecule has 0 spiro atoms. The summed E-state index contributed by atoms with van der Waals surface area (Å²) in [5, 5.41) is 16.2. The zero-order valence-corrected chi connectivity index (χ0v) is 22.6. The zero-order chi connectivity index (χ0) is 27.6. The van der Waals surface area contributed by atoms with E-state index in [1.807, 2.05) is 79.7 Å². The molecule has 2 aliphatic rings. The van der Waals surface area contributed by atoms with Crippen molar-refractivity contribution in [2.45, 2.75) is 57.5 Å². The maximum absolute atomic E-state index is 13.9. The minimum atomic E-state index is -1.61. The summed E-state index contributed by atoms with van der Waals surface area (Å²) in [6.45, 7) is 4.36. The molecule has 4 atom stereocenters. The quantitative estimate of drug-likeness (QED) is 0.205. The van der Waals surface area contributed by atoms with E-state index in [0.717, 1.165) is 46.7 Å². The van der Waals surface area contributed by atoms with Crippen molar-refractivity contribution in [3.05, 3.63) is 95.6 Å². The number of amides is 2. The molecule has 39 heavy (non-hydrogen) atoms. The van der Waals surface area contributed by atoms with Gasteiger partial charge in [-0.1, -0.05) is 98.6 Å². The van der Waals surface area contributed by atoms with Crippen LogP contribution in [0.4, 0.5) is 0 Å². The number of unbranched alkanes of at least 4 members (excludes halogenated alkanes) is 2. The number of benzene rings is 3. The Balaban J connectivity index is 1.53. The van der Waals surface area contributed by atoms with Crippen LogP contribution in [0.15, 0.2) is 78.9 Å². The van der Waals surface area contributed by atoms with Crippen LogP contribution in [-0.4, -0.2) is 39.9 Å². The lowest BCUT2D eigenvalue weighted by molar-refractivity contribution is -0.151. The first kappa shape index (κ1) is 26.8. The topological polar surface area (TPSA) is 86.7 Å². The summed E-state index contributed by atoms with van der Waals surface area (Å²) in [6.07, 6.45) is 7.95. The summed E-state index contributed by atoms with van der Waals surface area (Å²) in [5.74, 6) is -3.56. The number of fused-ring (bicyclic) bond motifs is 2. The smallest absolute Gasteiger partial charge is 0.325 e. The number of hydrogen-bond donors (Lipinski definition) is 2. The Morgan fingerprint density at radius 2 is 1.69 bits per heavy atom. The molecule has 2 aliphatic heterocycles. The van der Waals surface area contributed by atoms with E-state index in [2.05, 4.69) is 18.3 Å². The predicted molar refractivity (Wildman–Crippen MR) is 152 cm³/mol. The Morgan fingerprint density at radius 3 is 2.44 bits per heavy atom. The fraction of sp³-hybridized carbons (Fsp3) is 0.364. The van der Waals surface area contributed by atoms with Crippen LogP contribution in [0, 0.1) is 18.8 Å². The van der Waals surface area contributed by atoms with Crippen LogP contribution in [0.2, 0.25) is 0 Å². The van der Waals surface area contributed by atoms with Gasteiger partial charge in [0.25, 0.3) is 0 Å². The second-order valence-corrected chi connectivity index (χ2v) is 10.8. The van der Waals surface area contributed by atoms with Gasteiger partial charge in [0, 0.05) is 19.0 Å². The standard InChI is InChI=1S/C33H36N2O4/c1-3-4-5-6-7-12-19-35-30(36)27-28(31(35)37)33(32(38)39,34-29(27)26-16-11-8-13-22(26)2)21-23-17-18-24-14-9-10-15-25(24)20-23/h6-11,13-18,20,27-29,34H,3-5,12,19,21H2,1-2H3,(H,38,39)/b7-6+. The normalized spacial score (nSPS) is 24.7. The molecule has 0 bridgehead atoms. The Labute approximate surface area is 229 Å². The highest BCUT2D eigenvalue weighted by Gasteiger charge is 2.68. The van der Waals surface area contributed by atoms with Gasteiger partial charge in [0.05, 0.1) is 11.8 Å². The first-order chi connectivity index (χ1) is 18.9. The van der Waals surface area contributed by atoms with E-state index >= 15 is 0 Å². The van der Waals surface area contributed by atoms with Gasteiger partial charge in [0.15, 0.2) is 0 Å². The monoisotopic (exact) mass is 524 g/mol. The van der Waals surface area contributed by atoms with Crippen LogP contribution in [0.1, 0.15) is 55.3 Å². The van der Waals surface area contributed by atoms with Crippen LogP contribution in [-0.2, 0) is 20.8 Å². The predicted octanol–water partition coefficient (Wildman–Crippen LogP) is 5.60. The number of rotatable bonds is 10. The van der Waals surface area contributed by atoms with E-state index in [4.69, 9.17) is 0 Å². The molecule has 2 fully saturated rings. The highest BCUT2D eigenvalue weighted by atomic mass is 16.4. The van der Waals surface area contributed by atoms with E-state index in [9.17, 15) is 19.5 Å². The minimum absolute atomic E-state index is 0.0977. The third kappa shape index (κ3) is 4.89. The molecule has 0 aliphatic carbocycles. The summed E-state index contributed by atoms with van der Waals surface area (Å²) >= 11 is 0. The van der Waals surface area contributed by atoms with Crippen molar-refractivity contribution >= 4 is 28.6 Å². The van der Waals surface area contributed by atoms with E-state index in [-0.39, 0.29) is 18.9 Å². The molecule has 0 aromatic heterocycles. The Morgan fingerprint density at radius 1 is 0.974 bits per heavy atom. The van der Waals surface area contributed by atoms with Crippen LogP contribution >= 0.6 is 0 Å². The van der Waals surface area contributed by atoms with Gasteiger partial charge in [-0.15, -0.1) is 0 Å². The summed E-state index contributed by atoms with van der Waals surface area (Å²) < 4.78 is 0. The van der Waals surface area contributed by atoms with Gasteiger partial charge < -0.3 is 5.11 Å². The van der Waals surface area contributed by atoms with Gasteiger partial charge in [0.2, 0.25) is 11.8 Å². The highest BCUT2D eigenvalue weighted by molar-refractivity contribution is 6.09. The summed E-state index contributed by atoms with van der Waals surface area (Å²) in [5.41, 5.74) is 1.01. The first-order valence-electron chi connectivity index (χ1n) is 13.9. The molecule has 6 nitrogen and oxygen atoms in total. The third-order valence-corrected chi connectivity index (χ3v) is 8.36. The largest absolute Gasteiger partial charge is 0.480 e. The minimum Gasteiger partial charge on any atom is -0.480 e. The van der Waals surface area contributed by atoms with E-state index in [1.54, 1.807) is 0 Å². The number of aryl methyl sites for hydroxylation is 1. The molecular weight excluding hydrogens is 488 g/mol. The number of nitrogens with one attached hydrogen (secondary N) is 1. The number of carbonyl (C=O) groups excluding carboxylic acids is 2. The van der Waals surface area contributed by atoms with Crippen molar-refractivity contribution in [1.29, 1.82) is 0 Å². The molecule has 5 rings (SSSR count). The molecule has 0 saturated carbocycles. The number of carboxylic acid groups (broad SMARTS) is 1. The third-order valence-electron chi connectivity index (χ3n) is 8.36. The molecule has 3 aromatic rings. The average molecular weight is 525 g/mol. The second kappa shape index (κ2) is 11.1. The molecule has 2 N–H and O–H groups in total.